The molecular formula is C21H15ClN4. The summed E-state index contributed by atoms with van der Waals surface area (Å²) < 4.78 is 2.21. The number of aromatic nitrogens is 3. The molecule has 3 heterocycles. The Morgan fingerprint density at radius 2 is 1.92 bits per heavy atom. The fraction of sp³-hybridized carbons (Fsp3) is 0.0476. The predicted octanol–water partition coefficient (Wildman–Crippen LogP) is 5.14. The van der Waals surface area contributed by atoms with Gasteiger partial charge in [-0.05, 0) is 48.0 Å². The number of benzene rings is 2. The van der Waals surface area contributed by atoms with Crippen molar-refractivity contribution in [1.82, 2.24) is 14.5 Å². The Bertz CT molecular complexity index is 1130. The number of nitrogens with one attached hydrogen (secondary N) is 1. The molecule has 0 unspecified atom stereocenters. The molecule has 2 aromatic carbocycles. The summed E-state index contributed by atoms with van der Waals surface area (Å²) in [7, 11) is 0. The molecule has 1 N–H and O–H groups in total. The van der Waals surface area contributed by atoms with Gasteiger partial charge in [0.15, 0.2) is 0 Å². The fourth-order valence-electron chi connectivity index (χ4n) is 3.44. The number of rotatable bonds is 2. The average Bonchev–Trinajstić information content (AvgIpc) is 3.06. The number of anilines is 1. The van der Waals surface area contributed by atoms with Crippen LogP contribution in [0.5, 0.6) is 0 Å². The van der Waals surface area contributed by atoms with E-state index in [2.05, 4.69) is 33.1 Å². The number of allylic oxidation sites excluding steroid dienone is 1. The standard InChI is InChI=1S/C21H15ClN4/c22-16-7-3-5-14(11-16)20-12-18(15-6-4-10-23-13-15)25-21-24-17-8-1-2-9-19(17)26(20)21/h1-13,20H,(H,24,25)/t20-/m0/s1. The second kappa shape index (κ2) is 6.00. The molecule has 26 heavy (non-hydrogen) atoms. The first-order valence-electron chi connectivity index (χ1n) is 8.41. The van der Waals surface area contributed by atoms with Crippen LogP contribution in [0.2, 0.25) is 5.02 Å². The molecule has 1 aliphatic rings. The third kappa shape index (κ3) is 2.47. The van der Waals surface area contributed by atoms with Crippen molar-refractivity contribution in [2.45, 2.75) is 6.04 Å². The average molecular weight is 359 g/mol. The van der Waals surface area contributed by atoms with Crippen molar-refractivity contribution in [2.75, 3.05) is 5.32 Å². The Morgan fingerprint density at radius 1 is 1.00 bits per heavy atom. The Labute approximate surface area is 155 Å². The van der Waals surface area contributed by atoms with Crippen molar-refractivity contribution >= 4 is 34.3 Å². The Hall–Kier alpha value is -3.11. The van der Waals surface area contributed by atoms with Gasteiger partial charge in [-0.25, -0.2) is 4.98 Å². The normalized spacial score (nSPS) is 16.0. The van der Waals surface area contributed by atoms with Gasteiger partial charge in [0.2, 0.25) is 5.95 Å². The second-order valence-electron chi connectivity index (χ2n) is 6.24. The van der Waals surface area contributed by atoms with Gasteiger partial charge in [-0.3, -0.25) is 9.55 Å². The van der Waals surface area contributed by atoms with Crippen molar-refractivity contribution in [1.29, 1.82) is 0 Å². The molecule has 2 aromatic heterocycles. The van der Waals surface area contributed by atoms with Gasteiger partial charge in [-0.15, -0.1) is 0 Å². The minimum absolute atomic E-state index is 0.00689. The van der Waals surface area contributed by atoms with E-state index >= 15 is 0 Å². The molecule has 126 valence electrons. The lowest BCUT2D eigenvalue weighted by molar-refractivity contribution is 0.720. The van der Waals surface area contributed by atoms with Gasteiger partial charge in [0.1, 0.15) is 0 Å². The van der Waals surface area contributed by atoms with E-state index in [9.17, 15) is 0 Å². The maximum absolute atomic E-state index is 6.27. The summed E-state index contributed by atoms with van der Waals surface area (Å²) in [6.07, 6.45) is 5.83. The molecule has 0 fully saturated rings. The topological polar surface area (TPSA) is 42.7 Å². The summed E-state index contributed by atoms with van der Waals surface area (Å²) >= 11 is 6.27. The molecule has 0 spiro atoms. The predicted molar refractivity (Wildman–Crippen MR) is 105 cm³/mol. The first kappa shape index (κ1) is 15.2. The highest BCUT2D eigenvalue weighted by Crippen LogP contribution is 2.37. The minimum atomic E-state index is -0.00689. The monoisotopic (exact) mass is 358 g/mol. The van der Waals surface area contributed by atoms with Gasteiger partial charge < -0.3 is 5.32 Å². The molecule has 4 nitrogen and oxygen atoms in total. The van der Waals surface area contributed by atoms with Gasteiger partial charge in [0, 0.05) is 28.7 Å². The molecule has 1 aliphatic heterocycles. The molecule has 0 saturated carbocycles. The van der Waals surface area contributed by atoms with Gasteiger partial charge in [-0.1, -0.05) is 35.9 Å². The minimum Gasteiger partial charge on any atom is -0.325 e. The quantitative estimate of drug-likeness (QED) is 0.539. The van der Waals surface area contributed by atoms with E-state index in [4.69, 9.17) is 16.6 Å². The Kier molecular flexibility index (Phi) is 3.50. The number of fused-ring (bicyclic) bond motifs is 3. The molecule has 0 aliphatic carbocycles. The van der Waals surface area contributed by atoms with Crippen molar-refractivity contribution in [3.8, 4) is 0 Å². The van der Waals surface area contributed by atoms with E-state index in [0.29, 0.717) is 0 Å². The van der Waals surface area contributed by atoms with Gasteiger partial charge in [0.05, 0.1) is 17.1 Å². The van der Waals surface area contributed by atoms with E-state index in [1.165, 1.54) is 0 Å². The summed E-state index contributed by atoms with van der Waals surface area (Å²) in [5.41, 5.74) is 5.18. The Balaban J connectivity index is 1.74. The van der Waals surface area contributed by atoms with E-state index in [-0.39, 0.29) is 6.04 Å². The van der Waals surface area contributed by atoms with Crippen LogP contribution >= 0.6 is 11.6 Å². The lowest BCUT2D eigenvalue weighted by Gasteiger charge is -2.26. The summed E-state index contributed by atoms with van der Waals surface area (Å²) in [6, 6.07) is 20.1. The Morgan fingerprint density at radius 3 is 2.77 bits per heavy atom. The molecule has 0 radical (unpaired) electrons. The van der Waals surface area contributed by atoms with E-state index in [0.717, 1.165) is 38.8 Å². The number of hydrogen-bond acceptors (Lipinski definition) is 3. The van der Waals surface area contributed by atoms with Crippen molar-refractivity contribution in [3.63, 3.8) is 0 Å². The van der Waals surface area contributed by atoms with Crippen LogP contribution < -0.4 is 5.32 Å². The van der Waals surface area contributed by atoms with E-state index in [1.807, 2.05) is 54.7 Å². The van der Waals surface area contributed by atoms with Gasteiger partial charge >= 0.3 is 0 Å². The van der Waals surface area contributed by atoms with Crippen molar-refractivity contribution in [2.24, 2.45) is 0 Å². The van der Waals surface area contributed by atoms with Crippen LogP contribution in [-0.2, 0) is 0 Å². The number of para-hydroxylation sites is 2. The van der Waals surface area contributed by atoms with Crippen LogP contribution in [-0.4, -0.2) is 14.5 Å². The van der Waals surface area contributed by atoms with Crippen LogP contribution in [0, 0.1) is 0 Å². The number of halogens is 1. The van der Waals surface area contributed by atoms with Crippen LogP contribution in [0.4, 0.5) is 5.95 Å². The number of imidazole rings is 1. The number of pyridine rings is 1. The van der Waals surface area contributed by atoms with E-state index in [1.54, 1.807) is 6.20 Å². The highest BCUT2D eigenvalue weighted by atomic mass is 35.5. The first-order valence-corrected chi connectivity index (χ1v) is 8.79. The van der Waals surface area contributed by atoms with Crippen LogP contribution in [0.15, 0.2) is 79.1 Å². The molecule has 0 bridgehead atoms. The van der Waals surface area contributed by atoms with Crippen LogP contribution in [0.3, 0.4) is 0 Å². The van der Waals surface area contributed by atoms with Crippen LogP contribution in [0.25, 0.3) is 16.7 Å². The number of nitrogens with zero attached hydrogens (tertiary/aromatic N) is 3. The summed E-state index contributed by atoms with van der Waals surface area (Å²) in [6.45, 7) is 0. The summed E-state index contributed by atoms with van der Waals surface area (Å²) in [5, 5.41) is 4.18. The molecule has 1 atom stereocenters. The highest BCUT2D eigenvalue weighted by Gasteiger charge is 2.25. The largest absolute Gasteiger partial charge is 0.325 e. The van der Waals surface area contributed by atoms with Gasteiger partial charge in [0.25, 0.3) is 0 Å². The van der Waals surface area contributed by atoms with Crippen molar-refractivity contribution < 1.29 is 0 Å². The lowest BCUT2D eigenvalue weighted by Crippen LogP contribution is -2.19. The smallest absolute Gasteiger partial charge is 0.209 e. The summed E-state index contributed by atoms with van der Waals surface area (Å²) in [4.78, 5) is 9.03. The zero-order chi connectivity index (χ0) is 17.5. The zero-order valence-electron chi connectivity index (χ0n) is 13.8. The maximum Gasteiger partial charge on any atom is 0.209 e. The molecule has 0 saturated heterocycles. The maximum atomic E-state index is 6.27. The third-order valence-corrected chi connectivity index (χ3v) is 4.84. The fourth-order valence-corrected chi connectivity index (χ4v) is 3.63. The number of hydrogen-bond donors (Lipinski definition) is 1. The van der Waals surface area contributed by atoms with Gasteiger partial charge in [-0.2, -0.15) is 0 Å². The first-order chi connectivity index (χ1) is 12.8. The molecule has 5 heteroatoms. The molecule has 4 aromatic rings. The third-order valence-electron chi connectivity index (χ3n) is 4.61. The summed E-state index contributed by atoms with van der Waals surface area (Å²) in [5.74, 6) is 0.817. The molecule has 5 rings (SSSR count). The SMILES string of the molecule is Clc1cccc([C@@H]2C=C(c3cccnc3)Nc3nc4ccccc4n32)c1. The molecular weight excluding hydrogens is 344 g/mol. The lowest BCUT2D eigenvalue weighted by atomic mass is 10.0. The molecule has 0 amide bonds. The van der Waals surface area contributed by atoms with E-state index < -0.39 is 0 Å². The van der Waals surface area contributed by atoms with Crippen LogP contribution in [0.1, 0.15) is 17.2 Å². The van der Waals surface area contributed by atoms with Crippen molar-refractivity contribution in [3.05, 3.63) is 95.3 Å². The zero-order valence-corrected chi connectivity index (χ0v) is 14.6. The second-order valence-corrected chi connectivity index (χ2v) is 6.68. The highest BCUT2D eigenvalue weighted by molar-refractivity contribution is 6.30.